The van der Waals surface area contributed by atoms with Gasteiger partial charge in [0.15, 0.2) is 0 Å². The average Bonchev–Trinajstić information content (AvgIpc) is 2.79. The SMILES string of the molecule is CCNC(=O)C(=O)[C@H](CC)N1CCCC1C(N)=O. The first-order valence-corrected chi connectivity index (χ1v) is 6.40. The number of carbonyl (C=O) groups is 3. The Balaban J connectivity index is 2.79. The van der Waals surface area contributed by atoms with Gasteiger partial charge in [-0.2, -0.15) is 0 Å². The molecule has 1 heterocycles. The van der Waals surface area contributed by atoms with Crippen molar-refractivity contribution < 1.29 is 14.4 Å². The Bertz CT molecular complexity index is 343. The topological polar surface area (TPSA) is 92.5 Å². The molecule has 1 fully saturated rings. The van der Waals surface area contributed by atoms with E-state index in [0.29, 0.717) is 25.9 Å². The van der Waals surface area contributed by atoms with Crippen LogP contribution >= 0.6 is 0 Å². The van der Waals surface area contributed by atoms with Crippen LogP contribution < -0.4 is 11.1 Å². The van der Waals surface area contributed by atoms with E-state index in [1.165, 1.54) is 0 Å². The predicted octanol–water partition coefficient (Wildman–Crippen LogP) is -0.580. The summed E-state index contributed by atoms with van der Waals surface area (Å²) in [5, 5.41) is 2.50. The van der Waals surface area contributed by atoms with Gasteiger partial charge in [0.25, 0.3) is 5.91 Å². The van der Waals surface area contributed by atoms with Gasteiger partial charge in [-0.25, -0.2) is 0 Å². The van der Waals surface area contributed by atoms with Gasteiger partial charge in [0.1, 0.15) is 0 Å². The lowest BCUT2D eigenvalue weighted by Gasteiger charge is -2.29. The number of nitrogens with one attached hydrogen (secondary N) is 1. The molecule has 1 aliphatic heterocycles. The Labute approximate surface area is 107 Å². The number of nitrogens with zero attached hydrogens (tertiary/aromatic N) is 1. The highest BCUT2D eigenvalue weighted by Crippen LogP contribution is 2.22. The lowest BCUT2D eigenvalue weighted by atomic mass is 10.1. The summed E-state index contributed by atoms with van der Waals surface area (Å²) in [6.45, 7) is 4.64. The smallest absolute Gasteiger partial charge is 0.289 e. The van der Waals surface area contributed by atoms with Crippen molar-refractivity contribution in [3.05, 3.63) is 0 Å². The molecule has 0 radical (unpaired) electrons. The molecule has 0 saturated carbocycles. The van der Waals surface area contributed by atoms with Crippen LogP contribution in [0.25, 0.3) is 0 Å². The second-order valence-corrected chi connectivity index (χ2v) is 4.45. The van der Waals surface area contributed by atoms with Crippen LogP contribution in [0.4, 0.5) is 0 Å². The van der Waals surface area contributed by atoms with Crippen LogP contribution in [0.1, 0.15) is 33.1 Å². The molecular weight excluding hydrogens is 234 g/mol. The Morgan fingerprint density at radius 2 is 2.06 bits per heavy atom. The van der Waals surface area contributed by atoms with Gasteiger partial charge in [0.05, 0.1) is 12.1 Å². The van der Waals surface area contributed by atoms with Gasteiger partial charge >= 0.3 is 0 Å². The molecule has 1 unspecified atom stereocenters. The molecule has 2 atom stereocenters. The molecule has 1 rings (SSSR count). The number of hydrogen-bond acceptors (Lipinski definition) is 4. The average molecular weight is 255 g/mol. The quantitative estimate of drug-likeness (QED) is 0.621. The Hall–Kier alpha value is -1.43. The molecule has 18 heavy (non-hydrogen) atoms. The van der Waals surface area contributed by atoms with Crippen LogP contribution in [-0.4, -0.2) is 47.7 Å². The number of primary amides is 1. The minimum Gasteiger partial charge on any atom is -0.368 e. The number of ketones is 1. The maximum absolute atomic E-state index is 12.0. The lowest BCUT2D eigenvalue weighted by molar-refractivity contribution is -0.142. The molecule has 0 aromatic carbocycles. The third kappa shape index (κ3) is 3.07. The van der Waals surface area contributed by atoms with Crippen molar-refractivity contribution in [1.82, 2.24) is 10.2 Å². The fraction of sp³-hybridized carbons (Fsp3) is 0.750. The number of likely N-dealkylation sites (tertiary alicyclic amines) is 1. The van der Waals surface area contributed by atoms with Gasteiger partial charge in [-0.05, 0) is 32.7 Å². The van der Waals surface area contributed by atoms with Crippen LogP contribution in [-0.2, 0) is 14.4 Å². The van der Waals surface area contributed by atoms with Crippen molar-refractivity contribution in [2.75, 3.05) is 13.1 Å². The zero-order chi connectivity index (χ0) is 13.7. The number of rotatable bonds is 6. The molecule has 6 nitrogen and oxygen atoms in total. The van der Waals surface area contributed by atoms with Crippen molar-refractivity contribution in [2.24, 2.45) is 5.73 Å². The molecule has 0 aromatic rings. The largest absolute Gasteiger partial charge is 0.368 e. The number of Topliss-reactive ketones (excluding diaryl/α,β-unsaturated/α-hetero) is 1. The first-order chi connectivity index (χ1) is 8.52. The number of carbonyl (C=O) groups excluding carboxylic acids is 3. The van der Waals surface area contributed by atoms with Gasteiger partial charge in [0, 0.05) is 6.54 Å². The number of likely N-dealkylation sites (N-methyl/N-ethyl adjacent to an activating group) is 1. The summed E-state index contributed by atoms with van der Waals surface area (Å²) in [5.41, 5.74) is 5.32. The molecule has 0 aromatic heterocycles. The maximum atomic E-state index is 12.0. The van der Waals surface area contributed by atoms with Crippen LogP contribution in [0.15, 0.2) is 0 Å². The monoisotopic (exact) mass is 255 g/mol. The Morgan fingerprint density at radius 3 is 2.56 bits per heavy atom. The zero-order valence-electron chi connectivity index (χ0n) is 10.9. The van der Waals surface area contributed by atoms with Crippen molar-refractivity contribution in [2.45, 2.75) is 45.2 Å². The highest BCUT2D eigenvalue weighted by Gasteiger charge is 2.38. The second-order valence-electron chi connectivity index (χ2n) is 4.45. The molecule has 2 amide bonds. The van der Waals surface area contributed by atoms with Gasteiger partial charge in [-0.1, -0.05) is 6.92 Å². The van der Waals surface area contributed by atoms with E-state index in [1.54, 1.807) is 11.8 Å². The minimum absolute atomic E-state index is 0.417. The molecule has 3 N–H and O–H groups in total. The number of amides is 2. The van der Waals surface area contributed by atoms with Crippen molar-refractivity contribution in [1.29, 1.82) is 0 Å². The molecule has 0 spiro atoms. The summed E-state index contributed by atoms with van der Waals surface area (Å²) in [7, 11) is 0. The van der Waals surface area contributed by atoms with E-state index >= 15 is 0 Å². The second kappa shape index (κ2) is 6.49. The first-order valence-electron chi connectivity index (χ1n) is 6.40. The summed E-state index contributed by atoms with van der Waals surface area (Å²) in [4.78, 5) is 36.7. The van der Waals surface area contributed by atoms with E-state index < -0.39 is 29.7 Å². The fourth-order valence-corrected chi connectivity index (χ4v) is 2.44. The van der Waals surface area contributed by atoms with E-state index in [9.17, 15) is 14.4 Å². The molecule has 1 aliphatic rings. The van der Waals surface area contributed by atoms with Crippen LogP contribution in [0.5, 0.6) is 0 Å². The molecule has 6 heteroatoms. The summed E-state index contributed by atoms with van der Waals surface area (Å²) >= 11 is 0. The molecule has 102 valence electrons. The third-order valence-electron chi connectivity index (χ3n) is 3.27. The number of nitrogens with two attached hydrogens (primary N) is 1. The third-order valence-corrected chi connectivity index (χ3v) is 3.27. The first kappa shape index (κ1) is 14.6. The minimum atomic E-state index is -0.584. The van der Waals surface area contributed by atoms with Crippen LogP contribution in [0.2, 0.25) is 0 Å². The van der Waals surface area contributed by atoms with Gasteiger partial charge < -0.3 is 11.1 Å². The van der Waals surface area contributed by atoms with Crippen molar-refractivity contribution in [3.8, 4) is 0 Å². The maximum Gasteiger partial charge on any atom is 0.289 e. The van der Waals surface area contributed by atoms with E-state index in [4.69, 9.17) is 5.73 Å². The summed E-state index contributed by atoms with van der Waals surface area (Å²) in [6.07, 6.45) is 1.99. The van der Waals surface area contributed by atoms with E-state index in [2.05, 4.69) is 5.32 Å². The molecule has 0 bridgehead atoms. The zero-order valence-corrected chi connectivity index (χ0v) is 10.9. The van der Waals surface area contributed by atoms with Gasteiger partial charge in [-0.15, -0.1) is 0 Å². The fourth-order valence-electron chi connectivity index (χ4n) is 2.44. The molecule has 0 aliphatic carbocycles. The van der Waals surface area contributed by atoms with Crippen molar-refractivity contribution in [3.63, 3.8) is 0 Å². The molecular formula is C12H21N3O3. The highest BCUT2D eigenvalue weighted by molar-refractivity contribution is 6.38. The van der Waals surface area contributed by atoms with E-state index in [0.717, 1.165) is 6.42 Å². The summed E-state index contributed by atoms with van der Waals surface area (Å²) < 4.78 is 0. The van der Waals surface area contributed by atoms with E-state index in [1.807, 2.05) is 6.92 Å². The number of hydrogen-bond donors (Lipinski definition) is 2. The summed E-state index contributed by atoms with van der Waals surface area (Å²) in [6, 6.07) is -0.968. The van der Waals surface area contributed by atoms with Gasteiger partial charge in [-0.3, -0.25) is 19.3 Å². The normalized spacial score (nSPS) is 21.6. The standard InChI is InChI=1S/C12H21N3O3/c1-3-8(10(16)12(18)14-4-2)15-7-5-6-9(15)11(13)17/h8-9H,3-7H2,1-2H3,(H2,13,17)(H,14,18)/t8-,9?/m0/s1. The highest BCUT2D eigenvalue weighted by atomic mass is 16.2. The lowest BCUT2D eigenvalue weighted by Crippen LogP contribution is -2.52. The van der Waals surface area contributed by atoms with Crippen LogP contribution in [0.3, 0.4) is 0 Å². The van der Waals surface area contributed by atoms with Crippen LogP contribution in [0, 0.1) is 0 Å². The van der Waals surface area contributed by atoms with E-state index in [-0.39, 0.29) is 0 Å². The Morgan fingerprint density at radius 1 is 1.39 bits per heavy atom. The Kier molecular flexibility index (Phi) is 5.27. The summed E-state index contributed by atoms with van der Waals surface area (Å²) in [5.74, 6) is -1.48. The predicted molar refractivity (Wildman–Crippen MR) is 66.7 cm³/mol. The molecule has 1 saturated heterocycles. The van der Waals surface area contributed by atoms with Crippen molar-refractivity contribution >= 4 is 17.6 Å². The van der Waals surface area contributed by atoms with Gasteiger partial charge in [0.2, 0.25) is 11.7 Å².